The number of anilines is 1. The fourth-order valence-electron chi connectivity index (χ4n) is 4.78. The molecular weight excluding hydrogens is 364 g/mol. The molecule has 2 aromatic rings. The Kier molecular flexibility index (Phi) is 6.96. The first-order valence-electron chi connectivity index (χ1n) is 11.5. The molecule has 0 spiro atoms. The van der Waals surface area contributed by atoms with Gasteiger partial charge in [-0.25, -0.2) is 14.6 Å². The van der Waals surface area contributed by atoms with Gasteiger partial charge < -0.3 is 10.2 Å². The van der Waals surface area contributed by atoms with Crippen LogP contribution in [0.4, 0.5) is 5.82 Å². The van der Waals surface area contributed by atoms with Crippen LogP contribution in [0.5, 0.6) is 0 Å². The van der Waals surface area contributed by atoms with E-state index in [1.807, 2.05) is 10.9 Å². The van der Waals surface area contributed by atoms with E-state index < -0.39 is 0 Å². The maximum absolute atomic E-state index is 12.2. The highest BCUT2D eigenvalue weighted by Gasteiger charge is 2.17. The fourth-order valence-corrected chi connectivity index (χ4v) is 4.78. The van der Waals surface area contributed by atoms with Crippen LogP contribution in [-0.2, 0) is 11.3 Å². The quantitative estimate of drug-likeness (QED) is 0.770. The highest BCUT2D eigenvalue weighted by atomic mass is 16.1. The van der Waals surface area contributed by atoms with Crippen LogP contribution in [0.1, 0.15) is 70.6 Å². The average Bonchev–Trinajstić information content (AvgIpc) is 2.98. The second-order valence-electron chi connectivity index (χ2n) is 8.60. The molecule has 4 rings (SSSR count). The van der Waals surface area contributed by atoms with E-state index in [2.05, 4.69) is 25.3 Å². The van der Waals surface area contributed by atoms with E-state index in [0.717, 1.165) is 42.3 Å². The number of carbonyl (C=O) groups is 1. The summed E-state index contributed by atoms with van der Waals surface area (Å²) in [4.78, 5) is 23.6. The lowest BCUT2D eigenvalue weighted by atomic mass is 9.86. The van der Waals surface area contributed by atoms with Gasteiger partial charge in [-0.3, -0.25) is 4.79 Å². The first-order valence-corrected chi connectivity index (χ1v) is 11.5. The van der Waals surface area contributed by atoms with Crippen LogP contribution in [0.25, 0.3) is 11.0 Å². The molecule has 0 bridgehead atoms. The third kappa shape index (κ3) is 5.25. The zero-order valence-corrected chi connectivity index (χ0v) is 17.5. The molecule has 7 nitrogen and oxygen atoms in total. The molecule has 1 aliphatic heterocycles. The predicted octanol–water partition coefficient (Wildman–Crippen LogP) is 3.68. The van der Waals surface area contributed by atoms with E-state index in [1.165, 1.54) is 57.8 Å². The fraction of sp³-hybridized carbons (Fsp3) is 0.727. The summed E-state index contributed by atoms with van der Waals surface area (Å²) in [5.74, 6) is 1.91. The Bertz CT molecular complexity index is 790. The van der Waals surface area contributed by atoms with E-state index in [0.29, 0.717) is 19.5 Å². The highest BCUT2D eigenvalue weighted by molar-refractivity contribution is 5.86. The van der Waals surface area contributed by atoms with Gasteiger partial charge in [0, 0.05) is 26.1 Å². The molecule has 0 radical (unpaired) electrons. The van der Waals surface area contributed by atoms with Crippen LogP contribution in [0.2, 0.25) is 0 Å². The molecule has 29 heavy (non-hydrogen) atoms. The Morgan fingerprint density at radius 2 is 1.79 bits per heavy atom. The van der Waals surface area contributed by atoms with Crippen molar-refractivity contribution in [1.29, 1.82) is 0 Å². The van der Waals surface area contributed by atoms with E-state index in [4.69, 9.17) is 0 Å². The molecule has 1 amide bonds. The van der Waals surface area contributed by atoms with Gasteiger partial charge in [-0.1, -0.05) is 44.9 Å². The van der Waals surface area contributed by atoms with Crippen molar-refractivity contribution in [2.45, 2.75) is 77.2 Å². The number of aromatic nitrogens is 4. The number of nitrogens with one attached hydrogen (secondary N) is 1. The molecule has 3 heterocycles. The normalized spacial score (nSPS) is 18.7. The van der Waals surface area contributed by atoms with E-state index >= 15 is 0 Å². The number of hydrogen-bond acceptors (Lipinski definition) is 5. The van der Waals surface area contributed by atoms with Crippen molar-refractivity contribution in [1.82, 2.24) is 25.1 Å². The highest BCUT2D eigenvalue weighted by Crippen LogP contribution is 2.27. The van der Waals surface area contributed by atoms with Crippen molar-refractivity contribution in [3.05, 3.63) is 12.5 Å². The summed E-state index contributed by atoms with van der Waals surface area (Å²) in [5.41, 5.74) is 0.857. The molecule has 158 valence electrons. The van der Waals surface area contributed by atoms with Crippen molar-refractivity contribution in [3.8, 4) is 0 Å². The van der Waals surface area contributed by atoms with Crippen LogP contribution in [-0.4, -0.2) is 45.3 Å². The lowest BCUT2D eigenvalue weighted by Crippen LogP contribution is -2.28. The Morgan fingerprint density at radius 1 is 1.03 bits per heavy atom. The van der Waals surface area contributed by atoms with Crippen molar-refractivity contribution in [2.24, 2.45) is 5.92 Å². The minimum absolute atomic E-state index is 0.159. The molecule has 1 aliphatic carbocycles. The summed E-state index contributed by atoms with van der Waals surface area (Å²) in [7, 11) is 0. The molecule has 2 fully saturated rings. The van der Waals surface area contributed by atoms with Crippen molar-refractivity contribution < 1.29 is 4.79 Å². The largest absolute Gasteiger partial charge is 0.356 e. The molecule has 2 aromatic heterocycles. The van der Waals surface area contributed by atoms with Gasteiger partial charge in [0.2, 0.25) is 5.91 Å². The predicted molar refractivity (Wildman–Crippen MR) is 115 cm³/mol. The van der Waals surface area contributed by atoms with Gasteiger partial charge in [0.15, 0.2) is 5.65 Å². The van der Waals surface area contributed by atoms with E-state index in [9.17, 15) is 4.79 Å². The number of fused-ring (bicyclic) bond motifs is 1. The van der Waals surface area contributed by atoms with Crippen molar-refractivity contribution >= 4 is 22.8 Å². The molecule has 1 N–H and O–H groups in total. The first-order chi connectivity index (χ1) is 14.3. The summed E-state index contributed by atoms with van der Waals surface area (Å²) in [6.07, 6.45) is 16.8. The minimum Gasteiger partial charge on any atom is -0.356 e. The van der Waals surface area contributed by atoms with Crippen LogP contribution >= 0.6 is 0 Å². The van der Waals surface area contributed by atoms with Crippen molar-refractivity contribution in [2.75, 3.05) is 24.5 Å². The topological polar surface area (TPSA) is 75.9 Å². The van der Waals surface area contributed by atoms with Crippen LogP contribution in [0.15, 0.2) is 12.5 Å². The Morgan fingerprint density at radius 3 is 2.59 bits per heavy atom. The molecule has 7 heteroatoms. The standard InChI is InChI=1S/C22H34N6O/c29-20(11-10-18-8-4-3-5-9-18)23-12-15-28-22-19(16-26-28)21(24-17-25-22)27-13-6-1-2-7-14-27/h16-18H,1-15H2,(H,23,29). The molecule has 1 saturated heterocycles. The molecule has 0 aromatic carbocycles. The van der Waals surface area contributed by atoms with Crippen LogP contribution in [0.3, 0.4) is 0 Å². The molecule has 1 saturated carbocycles. The summed E-state index contributed by atoms with van der Waals surface area (Å²) in [6, 6.07) is 0. The lowest BCUT2D eigenvalue weighted by molar-refractivity contribution is -0.121. The van der Waals surface area contributed by atoms with E-state index in [-0.39, 0.29) is 5.91 Å². The maximum Gasteiger partial charge on any atom is 0.220 e. The zero-order valence-electron chi connectivity index (χ0n) is 17.5. The van der Waals surface area contributed by atoms with Gasteiger partial charge in [-0.2, -0.15) is 5.10 Å². The summed E-state index contributed by atoms with van der Waals surface area (Å²) >= 11 is 0. The summed E-state index contributed by atoms with van der Waals surface area (Å²) in [5, 5.41) is 8.60. The number of nitrogens with zero attached hydrogens (tertiary/aromatic N) is 5. The zero-order chi connectivity index (χ0) is 19.9. The van der Waals surface area contributed by atoms with Gasteiger partial charge in [0.25, 0.3) is 0 Å². The molecule has 0 unspecified atom stereocenters. The summed E-state index contributed by atoms with van der Waals surface area (Å²) in [6.45, 7) is 3.32. The smallest absolute Gasteiger partial charge is 0.220 e. The minimum atomic E-state index is 0.159. The van der Waals surface area contributed by atoms with Crippen LogP contribution in [0, 0.1) is 5.92 Å². The number of rotatable bonds is 7. The van der Waals surface area contributed by atoms with E-state index in [1.54, 1.807) is 6.33 Å². The van der Waals surface area contributed by atoms with Gasteiger partial charge in [0.1, 0.15) is 12.1 Å². The van der Waals surface area contributed by atoms with Crippen molar-refractivity contribution in [3.63, 3.8) is 0 Å². The Labute approximate surface area is 173 Å². The molecular formula is C22H34N6O. The maximum atomic E-state index is 12.2. The third-order valence-electron chi connectivity index (χ3n) is 6.47. The van der Waals surface area contributed by atoms with Gasteiger partial charge >= 0.3 is 0 Å². The lowest BCUT2D eigenvalue weighted by Gasteiger charge is -2.21. The third-order valence-corrected chi connectivity index (χ3v) is 6.47. The monoisotopic (exact) mass is 398 g/mol. The SMILES string of the molecule is O=C(CCC1CCCCC1)NCCn1ncc2c(N3CCCCCC3)ncnc21. The van der Waals surface area contributed by atoms with Gasteiger partial charge in [0.05, 0.1) is 18.1 Å². The molecule has 0 atom stereocenters. The number of carbonyl (C=O) groups excluding carboxylic acids is 1. The van der Waals surface area contributed by atoms with Crippen LogP contribution < -0.4 is 10.2 Å². The first kappa shape index (κ1) is 20.1. The Balaban J connectivity index is 1.30. The molecule has 2 aliphatic rings. The Hall–Kier alpha value is -2.18. The number of amides is 1. The number of hydrogen-bond donors (Lipinski definition) is 1. The van der Waals surface area contributed by atoms with Gasteiger partial charge in [-0.15, -0.1) is 0 Å². The second kappa shape index (κ2) is 10.0. The second-order valence-corrected chi connectivity index (χ2v) is 8.60. The summed E-state index contributed by atoms with van der Waals surface area (Å²) < 4.78 is 1.89. The van der Waals surface area contributed by atoms with Gasteiger partial charge in [-0.05, 0) is 25.2 Å². The average molecular weight is 399 g/mol.